The third-order valence-corrected chi connectivity index (χ3v) is 7.90. The van der Waals surface area contributed by atoms with E-state index in [2.05, 4.69) is 0 Å². The Morgan fingerprint density at radius 2 is 1.56 bits per heavy atom. The summed E-state index contributed by atoms with van der Waals surface area (Å²) in [4.78, 5) is 13.7. The number of benzene rings is 3. The molecule has 0 saturated carbocycles. The molecule has 0 fully saturated rings. The average molecular weight is 466 g/mol. The van der Waals surface area contributed by atoms with Crippen molar-refractivity contribution in [1.82, 2.24) is 4.31 Å². The molecule has 4 nitrogen and oxygen atoms in total. The topological polar surface area (TPSA) is 54.5 Å². The summed E-state index contributed by atoms with van der Waals surface area (Å²) in [5.74, 6) is -0.199. The molecule has 0 radical (unpaired) electrons. The summed E-state index contributed by atoms with van der Waals surface area (Å²) in [5, 5.41) is 0.538. The molecule has 32 heavy (non-hydrogen) atoms. The molecule has 0 aliphatic carbocycles. The van der Waals surface area contributed by atoms with Gasteiger partial charge in [-0.05, 0) is 55.3 Å². The zero-order valence-electron chi connectivity index (χ0n) is 17.9. The van der Waals surface area contributed by atoms with Gasteiger partial charge in [0, 0.05) is 22.2 Å². The van der Waals surface area contributed by atoms with E-state index in [-0.39, 0.29) is 10.7 Å². The predicted molar refractivity (Wildman–Crippen MR) is 127 cm³/mol. The van der Waals surface area contributed by atoms with Gasteiger partial charge in [-0.25, -0.2) is 8.42 Å². The minimum Gasteiger partial charge on any atom is -0.289 e. The molecular formula is C26H24ClNO3S. The number of ketones is 1. The number of aryl methyl sites for hydroxylation is 1. The monoisotopic (exact) mass is 465 g/mol. The first-order chi connectivity index (χ1) is 15.3. The maximum atomic E-state index is 13.8. The minimum absolute atomic E-state index is 0.199. The zero-order chi connectivity index (χ0) is 22.9. The third-order valence-electron chi connectivity index (χ3n) is 5.75. The van der Waals surface area contributed by atoms with E-state index in [0.717, 1.165) is 11.1 Å². The van der Waals surface area contributed by atoms with E-state index in [0.29, 0.717) is 22.6 Å². The van der Waals surface area contributed by atoms with Gasteiger partial charge in [-0.2, -0.15) is 4.31 Å². The number of carbonyl (C=O) groups is 1. The molecule has 1 aliphatic heterocycles. The van der Waals surface area contributed by atoms with Crippen LogP contribution in [-0.4, -0.2) is 24.5 Å². The molecule has 0 N–H and O–H groups in total. The highest BCUT2D eigenvalue weighted by atomic mass is 35.5. The van der Waals surface area contributed by atoms with Gasteiger partial charge < -0.3 is 0 Å². The Morgan fingerprint density at radius 1 is 0.938 bits per heavy atom. The molecule has 0 saturated heterocycles. The fourth-order valence-corrected chi connectivity index (χ4v) is 6.01. The summed E-state index contributed by atoms with van der Waals surface area (Å²) in [6, 6.07) is 21.7. The second kappa shape index (κ2) is 9.02. The molecular weight excluding hydrogens is 442 g/mol. The molecule has 6 heteroatoms. The lowest BCUT2D eigenvalue weighted by Crippen LogP contribution is -2.38. The van der Waals surface area contributed by atoms with Crippen LogP contribution in [0.15, 0.2) is 95.4 Å². The standard InChI is InChI=1S/C26H24ClNO3S/c1-3-22-17-24(26(29)20-11-13-21(27)14-12-20)25(19-7-5-4-6-8-19)28(22)32(30,31)23-15-9-18(2)10-16-23/h4-17,22,25H,3H2,1-2H3/t22-,25+/m1/s1. The molecule has 164 valence electrons. The van der Waals surface area contributed by atoms with Crippen molar-refractivity contribution in [3.8, 4) is 0 Å². The smallest absolute Gasteiger partial charge is 0.244 e. The minimum atomic E-state index is -3.86. The van der Waals surface area contributed by atoms with Crippen molar-refractivity contribution in [2.45, 2.75) is 37.2 Å². The number of sulfonamides is 1. The van der Waals surface area contributed by atoms with E-state index >= 15 is 0 Å². The molecule has 3 aromatic carbocycles. The Labute approximate surface area is 194 Å². The van der Waals surface area contributed by atoms with Gasteiger partial charge >= 0.3 is 0 Å². The van der Waals surface area contributed by atoms with Gasteiger partial charge in [0.2, 0.25) is 10.0 Å². The molecule has 0 aromatic heterocycles. The van der Waals surface area contributed by atoms with Gasteiger partial charge in [-0.1, -0.05) is 72.6 Å². The maximum Gasteiger partial charge on any atom is 0.244 e. The molecule has 3 aromatic rings. The summed E-state index contributed by atoms with van der Waals surface area (Å²) in [6.45, 7) is 3.84. The van der Waals surface area contributed by atoms with Gasteiger partial charge in [0.25, 0.3) is 0 Å². The van der Waals surface area contributed by atoms with Gasteiger partial charge in [0.1, 0.15) is 0 Å². The van der Waals surface area contributed by atoms with E-state index in [9.17, 15) is 13.2 Å². The van der Waals surface area contributed by atoms with E-state index < -0.39 is 22.1 Å². The Hall–Kier alpha value is -2.73. The maximum absolute atomic E-state index is 13.8. The van der Waals surface area contributed by atoms with Crippen LogP contribution in [0, 0.1) is 6.92 Å². The quantitative estimate of drug-likeness (QED) is 0.420. The highest BCUT2D eigenvalue weighted by Crippen LogP contribution is 2.43. The fraction of sp³-hybridized carbons (Fsp3) is 0.192. The van der Waals surface area contributed by atoms with Gasteiger partial charge in [-0.15, -0.1) is 0 Å². The summed E-state index contributed by atoms with van der Waals surface area (Å²) >= 11 is 5.99. The molecule has 0 bridgehead atoms. The van der Waals surface area contributed by atoms with Crippen LogP contribution in [-0.2, 0) is 10.0 Å². The fourth-order valence-electron chi connectivity index (χ4n) is 4.08. The molecule has 0 amide bonds. The van der Waals surface area contributed by atoms with E-state index in [1.807, 2.05) is 44.2 Å². The number of nitrogens with zero attached hydrogens (tertiary/aromatic N) is 1. The van der Waals surface area contributed by atoms with Crippen LogP contribution in [0.3, 0.4) is 0 Å². The Kier molecular flexibility index (Phi) is 6.33. The first-order valence-electron chi connectivity index (χ1n) is 10.5. The van der Waals surface area contributed by atoms with E-state index in [1.54, 1.807) is 54.6 Å². The van der Waals surface area contributed by atoms with Gasteiger partial charge in [0.05, 0.1) is 10.9 Å². The van der Waals surface area contributed by atoms with Gasteiger partial charge in [-0.3, -0.25) is 4.79 Å². The zero-order valence-corrected chi connectivity index (χ0v) is 19.5. The Morgan fingerprint density at radius 3 is 2.16 bits per heavy atom. The van der Waals surface area contributed by atoms with Gasteiger partial charge in [0.15, 0.2) is 5.78 Å². The van der Waals surface area contributed by atoms with Crippen LogP contribution in [0.2, 0.25) is 5.02 Å². The van der Waals surface area contributed by atoms with Crippen molar-refractivity contribution < 1.29 is 13.2 Å². The molecule has 1 aliphatic rings. The number of Topliss-reactive ketones (excluding diaryl/α,β-unsaturated/α-hetero) is 1. The van der Waals surface area contributed by atoms with Crippen molar-refractivity contribution >= 4 is 27.4 Å². The molecule has 4 rings (SSSR count). The highest BCUT2D eigenvalue weighted by molar-refractivity contribution is 7.89. The number of hydrogen-bond acceptors (Lipinski definition) is 3. The molecule has 0 unspecified atom stereocenters. The summed E-state index contributed by atoms with van der Waals surface area (Å²) in [5.41, 5.74) is 2.67. The highest BCUT2D eigenvalue weighted by Gasteiger charge is 2.45. The lowest BCUT2D eigenvalue weighted by molar-refractivity contribution is 0.102. The van der Waals surface area contributed by atoms with Crippen molar-refractivity contribution in [3.05, 3.63) is 112 Å². The van der Waals surface area contributed by atoms with Crippen LogP contribution >= 0.6 is 11.6 Å². The van der Waals surface area contributed by atoms with Crippen molar-refractivity contribution in [1.29, 1.82) is 0 Å². The summed E-state index contributed by atoms with van der Waals surface area (Å²) < 4.78 is 29.1. The Bertz CT molecular complexity index is 1250. The normalized spacial score (nSPS) is 19.0. The third kappa shape index (κ3) is 4.16. The number of hydrogen-bond donors (Lipinski definition) is 0. The number of carbonyl (C=O) groups excluding carboxylic acids is 1. The summed E-state index contributed by atoms with van der Waals surface area (Å²) in [6.07, 6.45) is 2.35. The first kappa shape index (κ1) is 22.5. The predicted octanol–water partition coefficient (Wildman–Crippen LogP) is 5.98. The van der Waals surface area contributed by atoms with Crippen molar-refractivity contribution in [3.63, 3.8) is 0 Å². The summed E-state index contributed by atoms with van der Waals surface area (Å²) in [7, 11) is -3.86. The van der Waals surface area contributed by atoms with Crippen LogP contribution in [0.5, 0.6) is 0 Å². The SMILES string of the molecule is CC[C@@H]1C=C(C(=O)c2ccc(Cl)cc2)[C@H](c2ccccc2)N1S(=O)(=O)c1ccc(C)cc1. The lowest BCUT2D eigenvalue weighted by Gasteiger charge is -2.31. The first-order valence-corrected chi connectivity index (χ1v) is 12.3. The van der Waals surface area contributed by atoms with Crippen LogP contribution < -0.4 is 0 Å². The largest absolute Gasteiger partial charge is 0.289 e. The molecule has 1 heterocycles. The molecule has 0 spiro atoms. The molecule has 2 atom stereocenters. The lowest BCUT2D eigenvalue weighted by atomic mass is 9.94. The van der Waals surface area contributed by atoms with Crippen LogP contribution in [0.4, 0.5) is 0 Å². The van der Waals surface area contributed by atoms with E-state index in [1.165, 1.54) is 4.31 Å². The Balaban J connectivity index is 1.85. The second-order valence-electron chi connectivity index (χ2n) is 7.89. The van der Waals surface area contributed by atoms with Crippen molar-refractivity contribution in [2.75, 3.05) is 0 Å². The van der Waals surface area contributed by atoms with Crippen LogP contribution in [0.25, 0.3) is 0 Å². The number of rotatable bonds is 6. The van der Waals surface area contributed by atoms with E-state index in [4.69, 9.17) is 11.6 Å². The average Bonchev–Trinajstić information content (AvgIpc) is 3.20. The number of halogens is 1. The van der Waals surface area contributed by atoms with Crippen molar-refractivity contribution in [2.24, 2.45) is 0 Å². The second-order valence-corrected chi connectivity index (χ2v) is 10.2. The van der Waals surface area contributed by atoms with Crippen LogP contribution in [0.1, 0.15) is 40.9 Å².